The number of fused-ring (bicyclic) bond motifs is 1. The lowest BCUT2D eigenvalue weighted by atomic mass is 10.1. The number of aromatic nitrogens is 2. The first-order valence-corrected chi connectivity index (χ1v) is 16.3. The maximum atomic E-state index is 12.8. The number of rotatable bonds is 6. The first-order valence-electron chi connectivity index (χ1n) is 12.8. The summed E-state index contributed by atoms with van der Waals surface area (Å²) in [5, 5.41) is 13.9. The molecule has 4 atom stereocenters. The minimum atomic E-state index is -3.10. The Bertz CT molecular complexity index is 1000. The van der Waals surface area contributed by atoms with Gasteiger partial charge in [-0.1, -0.05) is 55.4 Å². The molecule has 1 amide bonds. The van der Waals surface area contributed by atoms with Crippen molar-refractivity contribution in [3.63, 3.8) is 0 Å². The van der Waals surface area contributed by atoms with Gasteiger partial charge < -0.3 is 28.1 Å². The summed E-state index contributed by atoms with van der Waals surface area (Å²) in [4.78, 5) is 28.0. The third-order valence-electron chi connectivity index (χ3n) is 6.89. The van der Waals surface area contributed by atoms with E-state index in [0.717, 1.165) is 4.57 Å². The molecule has 2 aliphatic heterocycles. The number of amides is 1. The van der Waals surface area contributed by atoms with Crippen LogP contribution >= 0.6 is 0 Å². The molecule has 0 spiro atoms. The van der Waals surface area contributed by atoms with Gasteiger partial charge in [0.2, 0.25) is 5.91 Å². The second-order valence-electron chi connectivity index (χ2n) is 10.6. The number of anilines is 1. The van der Waals surface area contributed by atoms with E-state index < -0.39 is 47.3 Å². The summed E-state index contributed by atoms with van der Waals surface area (Å²) in [5.41, 5.74) is -0.516. The lowest BCUT2D eigenvalue weighted by molar-refractivity contribution is -0.114. The third kappa shape index (κ3) is 5.20. The molecule has 35 heavy (non-hydrogen) atoms. The molecule has 2 aliphatic rings. The van der Waals surface area contributed by atoms with E-state index in [2.05, 4.69) is 38.0 Å². The number of carbonyl (C=O) groups excluding carboxylic acids is 1. The first kappa shape index (κ1) is 26.6. The lowest BCUT2D eigenvalue weighted by Gasteiger charge is -2.51. The van der Waals surface area contributed by atoms with Crippen LogP contribution in [0, 0.1) is 0 Å². The van der Waals surface area contributed by atoms with Crippen molar-refractivity contribution < 1.29 is 29.0 Å². The van der Waals surface area contributed by atoms with Crippen LogP contribution in [0.5, 0.6) is 0 Å². The van der Waals surface area contributed by atoms with E-state index >= 15 is 0 Å². The Kier molecular flexibility index (Phi) is 8.01. The highest BCUT2D eigenvalue weighted by Crippen LogP contribution is 2.48. The number of hydrogen-bond donors (Lipinski definition) is 2. The van der Waals surface area contributed by atoms with Gasteiger partial charge in [-0.15, -0.1) is 0 Å². The second kappa shape index (κ2) is 10.5. The fourth-order valence-corrected chi connectivity index (χ4v) is 16.2. The maximum absolute atomic E-state index is 12.8. The number of nitrogens with zero attached hydrogens (tertiary/aromatic N) is 2. The molecule has 3 rings (SSSR count). The minimum absolute atomic E-state index is 0.000373. The monoisotopic (exact) mass is 528 g/mol. The Morgan fingerprint density at radius 2 is 1.71 bits per heavy atom. The van der Waals surface area contributed by atoms with Gasteiger partial charge in [0.05, 0.1) is 7.98 Å². The number of carbonyl (C=O) groups is 1. The van der Waals surface area contributed by atoms with E-state index in [4.69, 9.17) is 19.1 Å². The summed E-state index contributed by atoms with van der Waals surface area (Å²) in [6.45, 7) is 18.0. The molecule has 2 fully saturated rings. The number of ether oxygens (including phenoxy) is 1. The fraction of sp³-hybridized carbons (Fsp3) is 0.783. The van der Waals surface area contributed by atoms with Gasteiger partial charge >= 0.3 is 22.8 Å². The lowest BCUT2D eigenvalue weighted by Crippen LogP contribution is -2.65. The molecule has 0 radical (unpaired) electrons. The van der Waals surface area contributed by atoms with E-state index in [1.165, 1.54) is 19.2 Å². The predicted octanol–water partition coefficient (Wildman–Crippen LogP) is 3.42. The molecule has 1 aromatic heterocycles. The molecule has 0 aromatic carbocycles. The van der Waals surface area contributed by atoms with Crippen LogP contribution in [0.15, 0.2) is 17.1 Å². The molecule has 198 valence electrons. The van der Waals surface area contributed by atoms with E-state index in [1.807, 2.05) is 27.7 Å². The summed E-state index contributed by atoms with van der Waals surface area (Å²) in [5.74, 6) is -0.297. The van der Waals surface area contributed by atoms with Crippen LogP contribution < -0.4 is 11.0 Å². The van der Waals surface area contributed by atoms with E-state index in [1.54, 1.807) is 0 Å². The van der Waals surface area contributed by atoms with Gasteiger partial charge in [-0.25, -0.2) is 4.79 Å². The van der Waals surface area contributed by atoms with Crippen LogP contribution in [0.25, 0.3) is 0 Å². The van der Waals surface area contributed by atoms with Crippen molar-refractivity contribution in [1.29, 1.82) is 0 Å². The fourth-order valence-electron chi connectivity index (χ4n) is 5.07. The zero-order valence-corrected chi connectivity index (χ0v) is 24.2. The molecule has 10 nitrogen and oxygen atoms in total. The Morgan fingerprint density at radius 3 is 2.20 bits per heavy atom. The van der Waals surface area contributed by atoms with E-state index in [9.17, 15) is 14.7 Å². The summed E-state index contributed by atoms with van der Waals surface area (Å²) in [6.07, 6.45) is -4.26. The summed E-state index contributed by atoms with van der Waals surface area (Å²) >= 11 is 0. The van der Waals surface area contributed by atoms with Crippen molar-refractivity contribution in [2.45, 2.75) is 109 Å². The van der Waals surface area contributed by atoms with Gasteiger partial charge in [-0.3, -0.25) is 9.36 Å². The SMILES string of the molecule is [2H][C@]1(O)[C@@H]2O[Si](C(C)C)(C(C)C)O[Si](C(C)C)(C(C)C)OC[C@H]2O[C@H]1n1ccc(NC(C)=O)nc1=O. The first-order chi connectivity index (χ1) is 16.6. The Balaban J connectivity index is 2.09. The van der Waals surface area contributed by atoms with Crippen LogP contribution in [0.4, 0.5) is 5.82 Å². The topological polar surface area (TPSA) is 121 Å². The predicted molar refractivity (Wildman–Crippen MR) is 137 cm³/mol. The molecule has 12 heteroatoms. The molecule has 0 unspecified atom stereocenters. The van der Waals surface area contributed by atoms with Crippen molar-refractivity contribution in [2.75, 3.05) is 11.9 Å². The Morgan fingerprint density at radius 1 is 1.14 bits per heavy atom. The van der Waals surface area contributed by atoms with Gasteiger partial charge in [-0.2, -0.15) is 4.98 Å². The molecule has 0 saturated carbocycles. The van der Waals surface area contributed by atoms with Crippen LogP contribution in [0.2, 0.25) is 22.2 Å². The van der Waals surface area contributed by atoms with Crippen LogP contribution in [0.1, 0.15) is 69.9 Å². The largest absolute Gasteiger partial charge is 0.414 e. The van der Waals surface area contributed by atoms with Gasteiger partial charge in [0.1, 0.15) is 24.1 Å². The standard InChI is InChI=1S/C23H41N3O7Si2/c1-13(2)34(14(3)4)30-12-18-21(32-35(33-34,15(5)6)16(7)8)20(28)22(31-18)26-11-10-19(24-17(9)27)25-23(26)29/h10-11,13-16,18,20-22,28H,12H2,1-9H3,(H,24,25,27,29)/t18-,20+,21-,22-/m1/s1/i20D. The van der Waals surface area contributed by atoms with Crippen molar-refractivity contribution in [3.8, 4) is 0 Å². The van der Waals surface area contributed by atoms with E-state index in [-0.39, 0.29) is 40.5 Å². The summed E-state index contributed by atoms with van der Waals surface area (Å²) in [7, 11) is -5.93. The number of hydrogen-bond acceptors (Lipinski definition) is 8. The van der Waals surface area contributed by atoms with Crippen molar-refractivity contribution >= 4 is 28.8 Å². The van der Waals surface area contributed by atoms with Crippen LogP contribution in [-0.4, -0.2) is 62.6 Å². The second-order valence-corrected chi connectivity index (χ2v) is 19.5. The van der Waals surface area contributed by atoms with Crippen molar-refractivity contribution in [1.82, 2.24) is 9.55 Å². The Hall–Kier alpha value is -1.42. The quantitative estimate of drug-likeness (QED) is 0.539. The van der Waals surface area contributed by atoms with Gasteiger partial charge in [0, 0.05) is 13.1 Å². The highest BCUT2D eigenvalue weighted by Gasteiger charge is 2.61. The highest BCUT2D eigenvalue weighted by molar-refractivity contribution is 6.83. The molecule has 1 aromatic rings. The average molecular weight is 529 g/mol. The average Bonchev–Trinajstić information content (AvgIpc) is 2.96. The Labute approximate surface area is 211 Å². The highest BCUT2D eigenvalue weighted by atomic mass is 28.5. The zero-order chi connectivity index (χ0) is 27.2. The minimum Gasteiger partial charge on any atom is -0.414 e. The van der Waals surface area contributed by atoms with Gasteiger partial charge in [-0.05, 0) is 28.2 Å². The molecule has 3 heterocycles. The van der Waals surface area contributed by atoms with Gasteiger partial charge in [0.25, 0.3) is 0 Å². The molecule has 0 aliphatic carbocycles. The van der Waals surface area contributed by atoms with E-state index in [0.29, 0.717) is 0 Å². The normalized spacial score (nSPS) is 30.8. The van der Waals surface area contributed by atoms with Crippen LogP contribution in [0.3, 0.4) is 0 Å². The molecule has 0 bridgehead atoms. The number of aliphatic hydroxyl groups is 1. The molecular formula is C23H41N3O7Si2. The maximum Gasteiger partial charge on any atom is 0.351 e. The van der Waals surface area contributed by atoms with Crippen molar-refractivity contribution in [3.05, 3.63) is 22.7 Å². The smallest absolute Gasteiger partial charge is 0.351 e. The number of nitrogens with one attached hydrogen (secondary N) is 1. The molecule has 2 saturated heterocycles. The van der Waals surface area contributed by atoms with Gasteiger partial charge in [0.15, 0.2) is 6.23 Å². The third-order valence-corrected chi connectivity index (χ3v) is 17.1. The summed E-state index contributed by atoms with van der Waals surface area (Å²) in [6, 6.07) is 1.42. The molecular weight excluding hydrogens is 486 g/mol. The van der Waals surface area contributed by atoms with Crippen molar-refractivity contribution in [2.24, 2.45) is 0 Å². The zero-order valence-electron chi connectivity index (χ0n) is 23.2. The van der Waals surface area contributed by atoms with Crippen LogP contribution in [-0.2, 0) is 22.5 Å². The molecule has 2 N–H and O–H groups in total. The summed E-state index contributed by atoms with van der Waals surface area (Å²) < 4.78 is 36.6.